The van der Waals surface area contributed by atoms with Crippen LogP contribution in [0.5, 0.6) is 0 Å². The highest BCUT2D eigenvalue weighted by Crippen LogP contribution is 2.28. The number of benzene rings is 1. The van der Waals surface area contributed by atoms with E-state index in [2.05, 4.69) is 0 Å². The lowest BCUT2D eigenvalue weighted by atomic mass is 9.87. The average molecular weight is 284 g/mol. The summed E-state index contributed by atoms with van der Waals surface area (Å²) in [6.45, 7) is 0.0527. The lowest BCUT2D eigenvalue weighted by Crippen LogP contribution is -2.27. The van der Waals surface area contributed by atoms with Crippen LogP contribution in [-0.4, -0.2) is 19.2 Å². The van der Waals surface area contributed by atoms with Crippen molar-refractivity contribution in [1.82, 2.24) is 0 Å². The molecule has 0 bridgehead atoms. The first-order valence-corrected chi connectivity index (χ1v) is 6.74. The van der Waals surface area contributed by atoms with E-state index in [0.717, 1.165) is 18.9 Å². The van der Waals surface area contributed by atoms with Gasteiger partial charge in [-0.2, -0.15) is 0 Å². The minimum absolute atomic E-state index is 0.0152. The van der Waals surface area contributed by atoms with Gasteiger partial charge in [-0.05, 0) is 31.7 Å². The molecule has 0 atom stereocenters. The molecule has 1 saturated carbocycles. The molecule has 1 aromatic rings. The molecule has 0 unspecified atom stereocenters. The maximum absolute atomic E-state index is 13.5. The topological polar surface area (TPSA) is 35.5 Å². The van der Waals surface area contributed by atoms with E-state index in [1.54, 1.807) is 0 Å². The Labute approximate surface area is 116 Å². The smallest absolute Gasteiger partial charge is 0.308 e. The molecular weight excluding hydrogens is 266 g/mol. The molecule has 20 heavy (non-hydrogen) atoms. The van der Waals surface area contributed by atoms with E-state index >= 15 is 0 Å². The van der Waals surface area contributed by atoms with Gasteiger partial charge in [-0.25, -0.2) is 8.78 Å². The maximum atomic E-state index is 13.5. The van der Waals surface area contributed by atoms with Crippen LogP contribution in [0.25, 0.3) is 0 Å². The van der Waals surface area contributed by atoms with E-state index in [4.69, 9.17) is 9.47 Å². The number of esters is 1. The third kappa shape index (κ3) is 3.54. The van der Waals surface area contributed by atoms with E-state index in [0.29, 0.717) is 12.8 Å². The van der Waals surface area contributed by atoms with Gasteiger partial charge in [-0.3, -0.25) is 4.79 Å². The molecule has 5 heteroatoms. The fourth-order valence-electron chi connectivity index (χ4n) is 2.50. The fraction of sp³-hybridized carbons (Fsp3) is 0.533. The van der Waals surface area contributed by atoms with Crippen LogP contribution in [0.2, 0.25) is 0 Å². The second-order valence-corrected chi connectivity index (χ2v) is 5.02. The number of hydrogen-bond acceptors (Lipinski definition) is 3. The molecule has 1 aliphatic rings. The van der Waals surface area contributed by atoms with E-state index in [9.17, 15) is 13.6 Å². The highest BCUT2D eigenvalue weighted by molar-refractivity contribution is 5.72. The van der Waals surface area contributed by atoms with Crippen LogP contribution >= 0.6 is 0 Å². The van der Waals surface area contributed by atoms with Crippen LogP contribution in [0.15, 0.2) is 18.2 Å². The molecule has 0 amide bonds. The summed E-state index contributed by atoms with van der Waals surface area (Å²) in [6.07, 6.45) is 2.87. The Hall–Kier alpha value is -1.49. The molecule has 0 saturated heterocycles. The number of rotatable bonds is 4. The first-order chi connectivity index (χ1) is 9.61. The standard InChI is InChI=1S/C15H18F2O3/c1-19-15(18)10-5-7-12(8-6-10)20-9-11-3-2-4-13(16)14(11)17/h2-4,10,12H,5-9H2,1H3. The van der Waals surface area contributed by atoms with Crippen molar-refractivity contribution in [3.8, 4) is 0 Å². The van der Waals surface area contributed by atoms with Crippen molar-refractivity contribution in [3.05, 3.63) is 35.4 Å². The Morgan fingerprint density at radius 3 is 2.60 bits per heavy atom. The Morgan fingerprint density at radius 2 is 1.95 bits per heavy atom. The molecule has 0 aliphatic heterocycles. The van der Waals surface area contributed by atoms with Crippen molar-refractivity contribution < 1.29 is 23.0 Å². The third-order valence-electron chi connectivity index (χ3n) is 3.71. The molecule has 0 radical (unpaired) electrons. The van der Waals surface area contributed by atoms with Crippen molar-refractivity contribution in [2.75, 3.05) is 7.11 Å². The van der Waals surface area contributed by atoms with Gasteiger partial charge in [0.15, 0.2) is 11.6 Å². The number of carbonyl (C=O) groups excluding carboxylic acids is 1. The number of carbonyl (C=O) groups is 1. The van der Waals surface area contributed by atoms with Crippen LogP contribution in [0, 0.1) is 17.6 Å². The molecule has 0 heterocycles. The summed E-state index contributed by atoms with van der Waals surface area (Å²) in [5, 5.41) is 0. The SMILES string of the molecule is COC(=O)C1CCC(OCc2cccc(F)c2F)CC1. The van der Waals surface area contributed by atoms with E-state index in [-0.39, 0.29) is 30.2 Å². The second-order valence-electron chi connectivity index (χ2n) is 5.02. The van der Waals surface area contributed by atoms with Gasteiger partial charge in [0, 0.05) is 5.56 Å². The predicted octanol–water partition coefficient (Wildman–Crippen LogP) is 3.21. The van der Waals surface area contributed by atoms with Crippen LogP contribution in [-0.2, 0) is 20.9 Å². The molecule has 1 fully saturated rings. The quantitative estimate of drug-likeness (QED) is 0.796. The van der Waals surface area contributed by atoms with Gasteiger partial charge in [-0.15, -0.1) is 0 Å². The van der Waals surface area contributed by atoms with E-state index in [1.807, 2.05) is 0 Å². The Balaban J connectivity index is 1.82. The van der Waals surface area contributed by atoms with Crippen molar-refractivity contribution in [3.63, 3.8) is 0 Å². The molecule has 2 rings (SSSR count). The zero-order valence-corrected chi connectivity index (χ0v) is 11.4. The molecule has 0 aromatic heterocycles. The average Bonchev–Trinajstić information content (AvgIpc) is 2.48. The summed E-state index contributed by atoms with van der Waals surface area (Å²) in [4.78, 5) is 11.4. The fourth-order valence-corrected chi connectivity index (χ4v) is 2.50. The largest absolute Gasteiger partial charge is 0.469 e. The normalized spacial score (nSPS) is 22.6. The van der Waals surface area contributed by atoms with E-state index < -0.39 is 11.6 Å². The minimum Gasteiger partial charge on any atom is -0.469 e. The van der Waals surface area contributed by atoms with Crippen molar-refractivity contribution in [2.45, 2.75) is 38.4 Å². The number of halogens is 2. The number of ether oxygens (including phenoxy) is 2. The van der Waals surface area contributed by atoms with Crippen LogP contribution < -0.4 is 0 Å². The minimum atomic E-state index is -0.861. The summed E-state index contributed by atoms with van der Waals surface area (Å²) < 4.78 is 36.8. The van der Waals surface area contributed by atoms with Crippen molar-refractivity contribution >= 4 is 5.97 Å². The molecule has 1 aromatic carbocycles. The zero-order chi connectivity index (χ0) is 14.5. The van der Waals surface area contributed by atoms with Crippen LogP contribution in [0.3, 0.4) is 0 Å². The summed E-state index contributed by atoms with van der Waals surface area (Å²) in [6, 6.07) is 4.06. The monoisotopic (exact) mass is 284 g/mol. The van der Waals surface area contributed by atoms with E-state index in [1.165, 1.54) is 19.2 Å². The van der Waals surface area contributed by atoms with Crippen molar-refractivity contribution in [2.24, 2.45) is 5.92 Å². The third-order valence-corrected chi connectivity index (χ3v) is 3.71. The number of hydrogen-bond donors (Lipinski definition) is 0. The first-order valence-electron chi connectivity index (χ1n) is 6.74. The van der Waals surface area contributed by atoms with Crippen molar-refractivity contribution in [1.29, 1.82) is 0 Å². The molecule has 0 spiro atoms. The lowest BCUT2D eigenvalue weighted by molar-refractivity contribution is -0.147. The Bertz CT molecular complexity index is 468. The Morgan fingerprint density at radius 1 is 1.25 bits per heavy atom. The van der Waals surface area contributed by atoms with Gasteiger partial charge >= 0.3 is 5.97 Å². The van der Waals surface area contributed by atoms with Crippen LogP contribution in [0.4, 0.5) is 8.78 Å². The first kappa shape index (κ1) is 14.9. The highest BCUT2D eigenvalue weighted by atomic mass is 19.2. The second kappa shape index (κ2) is 6.79. The molecule has 110 valence electrons. The van der Waals surface area contributed by atoms with Crippen LogP contribution in [0.1, 0.15) is 31.2 Å². The molecular formula is C15H18F2O3. The molecule has 1 aliphatic carbocycles. The van der Waals surface area contributed by atoms with Gasteiger partial charge < -0.3 is 9.47 Å². The zero-order valence-electron chi connectivity index (χ0n) is 11.4. The molecule has 3 nitrogen and oxygen atoms in total. The van der Waals surface area contributed by atoms with Gasteiger partial charge in [-0.1, -0.05) is 12.1 Å². The van der Waals surface area contributed by atoms with Gasteiger partial charge in [0.05, 0.1) is 25.7 Å². The predicted molar refractivity (Wildman–Crippen MR) is 68.9 cm³/mol. The maximum Gasteiger partial charge on any atom is 0.308 e. The highest BCUT2D eigenvalue weighted by Gasteiger charge is 2.27. The summed E-state index contributed by atoms with van der Waals surface area (Å²) in [7, 11) is 1.39. The Kier molecular flexibility index (Phi) is 5.06. The summed E-state index contributed by atoms with van der Waals surface area (Å²) >= 11 is 0. The number of methoxy groups -OCH3 is 1. The summed E-state index contributed by atoms with van der Waals surface area (Å²) in [5.41, 5.74) is 0.222. The summed E-state index contributed by atoms with van der Waals surface area (Å²) in [5.74, 6) is -1.96. The lowest BCUT2D eigenvalue weighted by Gasteiger charge is -2.27. The van der Waals surface area contributed by atoms with Gasteiger partial charge in [0.1, 0.15) is 0 Å². The van der Waals surface area contributed by atoms with Gasteiger partial charge in [0.2, 0.25) is 0 Å². The van der Waals surface area contributed by atoms with Gasteiger partial charge in [0.25, 0.3) is 0 Å². The molecule has 0 N–H and O–H groups in total.